The Bertz CT molecular complexity index is 674. The summed E-state index contributed by atoms with van der Waals surface area (Å²) in [7, 11) is 0. The number of nitro benzene ring substituents is 1. The molecule has 0 saturated heterocycles. The van der Waals surface area contributed by atoms with Crippen molar-refractivity contribution in [3.8, 4) is 5.75 Å². The van der Waals surface area contributed by atoms with Gasteiger partial charge in [0, 0.05) is 23.2 Å². The lowest BCUT2D eigenvalue weighted by molar-refractivity contribution is -0.385. The first-order chi connectivity index (χ1) is 10.0. The van der Waals surface area contributed by atoms with E-state index in [1.165, 1.54) is 12.1 Å². The summed E-state index contributed by atoms with van der Waals surface area (Å²) in [5, 5.41) is 11.5. The van der Waals surface area contributed by atoms with Gasteiger partial charge in [-0.15, -0.1) is 0 Å². The van der Waals surface area contributed by atoms with Crippen LogP contribution < -0.4 is 10.5 Å². The van der Waals surface area contributed by atoms with Crippen molar-refractivity contribution < 1.29 is 9.66 Å². The standard InChI is InChI=1S/C15H15ClN2O3/c1-10-3-2-4-11(8-17)15(10)21-9-12-7-13(16)5-6-14(12)18(19)20/h2-7H,8-9,17H2,1H3. The minimum Gasteiger partial charge on any atom is -0.488 e. The van der Waals surface area contributed by atoms with Crippen LogP contribution in [0.4, 0.5) is 5.69 Å². The first kappa shape index (κ1) is 15.3. The molecule has 0 bridgehead atoms. The monoisotopic (exact) mass is 306 g/mol. The quantitative estimate of drug-likeness (QED) is 0.676. The summed E-state index contributed by atoms with van der Waals surface area (Å²) in [6.45, 7) is 2.31. The second-order valence-electron chi connectivity index (χ2n) is 4.59. The van der Waals surface area contributed by atoms with Crippen LogP contribution in [0.15, 0.2) is 36.4 Å². The zero-order chi connectivity index (χ0) is 15.4. The van der Waals surface area contributed by atoms with Crippen molar-refractivity contribution in [2.24, 2.45) is 5.73 Å². The molecule has 2 rings (SSSR count). The zero-order valence-electron chi connectivity index (χ0n) is 11.5. The molecule has 0 unspecified atom stereocenters. The highest BCUT2D eigenvalue weighted by Crippen LogP contribution is 2.27. The lowest BCUT2D eigenvalue weighted by atomic mass is 10.1. The molecular weight excluding hydrogens is 292 g/mol. The molecule has 0 amide bonds. The number of nitro groups is 1. The number of nitrogens with two attached hydrogens (primary N) is 1. The Balaban J connectivity index is 2.28. The molecule has 0 aliphatic heterocycles. The number of para-hydroxylation sites is 1. The van der Waals surface area contributed by atoms with Gasteiger partial charge in [0.1, 0.15) is 12.4 Å². The van der Waals surface area contributed by atoms with Crippen LogP contribution in [-0.4, -0.2) is 4.92 Å². The van der Waals surface area contributed by atoms with E-state index in [2.05, 4.69) is 0 Å². The van der Waals surface area contributed by atoms with Crippen LogP contribution in [0.2, 0.25) is 5.02 Å². The van der Waals surface area contributed by atoms with Crippen LogP contribution in [-0.2, 0) is 13.2 Å². The maximum absolute atomic E-state index is 11.0. The van der Waals surface area contributed by atoms with Gasteiger partial charge in [0.15, 0.2) is 0 Å². The number of hydrogen-bond acceptors (Lipinski definition) is 4. The van der Waals surface area contributed by atoms with Gasteiger partial charge >= 0.3 is 0 Å². The molecule has 0 radical (unpaired) electrons. The van der Waals surface area contributed by atoms with Crippen LogP contribution in [0.3, 0.4) is 0 Å². The van der Waals surface area contributed by atoms with Crippen LogP contribution in [0.5, 0.6) is 5.75 Å². The highest BCUT2D eigenvalue weighted by Gasteiger charge is 2.15. The van der Waals surface area contributed by atoms with Crippen molar-refractivity contribution in [1.82, 2.24) is 0 Å². The number of rotatable bonds is 5. The SMILES string of the molecule is Cc1cccc(CN)c1OCc1cc(Cl)ccc1[N+](=O)[O-]. The van der Waals surface area contributed by atoms with Gasteiger partial charge in [-0.05, 0) is 24.6 Å². The molecular formula is C15H15ClN2O3. The van der Waals surface area contributed by atoms with E-state index in [9.17, 15) is 10.1 Å². The predicted octanol–water partition coefficient (Wildman–Crippen LogP) is 3.59. The topological polar surface area (TPSA) is 78.4 Å². The molecule has 0 fully saturated rings. The molecule has 5 nitrogen and oxygen atoms in total. The Morgan fingerprint density at radius 2 is 2.05 bits per heavy atom. The fraction of sp³-hybridized carbons (Fsp3) is 0.200. The van der Waals surface area contributed by atoms with Crippen LogP contribution >= 0.6 is 11.6 Å². The number of aryl methyl sites for hydroxylation is 1. The predicted molar refractivity (Wildman–Crippen MR) is 81.5 cm³/mol. The number of nitrogens with zero attached hydrogens (tertiary/aromatic N) is 1. The molecule has 21 heavy (non-hydrogen) atoms. The van der Waals surface area contributed by atoms with E-state index in [-0.39, 0.29) is 12.3 Å². The lowest BCUT2D eigenvalue weighted by Crippen LogP contribution is -2.05. The molecule has 110 valence electrons. The maximum Gasteiger partial charge on any atom is 0.276 e. The maximum atomic E-state index is 11.0. The highest BCUT2D eigenvalue weighted by atomic mass is 35.5. The molecule has 0 spiro atoms. The number of hydrogen-bond donors (Lipinski definition) is 1. The summed E-state index contributed by atoms with van der Waals surface area (Å²) < 4.78 is 5.75. The highest BCUT2D eigenvalue weighted by molar-refractivity contribution is 6.30. The Morgan fingerprint density at radius 3 is 2.71 bits per heavy atom. The smallest absolute Gasteiger partial charge is 0.276 e. The molecule has 2 aromatic rings. The fourth-order valence-corrected chi connectivity index (χ4v) is 2.27. The second-order valence-corrected chi connectivity index (χ2v) is 5.02. The Kier molecular flexibility index (Phi) is 4.77. The Labute approximate surface area is 127 Å². The third-order valence-corrected chi connectivity index (χ3v) is 3.36. The number of halogens is 1. The van der Waals surface area contributed by atoms with E-state index in [0.29, 0.717) is 22.9 Å². The average Bonchev–Trinajstić information content (AvgIpc) is 2.45. The molecule has 0 aromatic heterocycles. The van der Waals surface area contributed by atoms with Gasteiger partial charge in [-0.25, -0.2) is 0 Å². The van der Waals surface area contributed by atoms with Crippen molar-refractivity contribution in [3.63, 3.8) is 0 Å². The third kappa shape index (κ3) is 3.51. The van der Waals surface area contributed by atoms with Gasteiger partial charge in [-0.3, -0.25) is 10.1 Å². The van der Waals surface area contributed by atoms with Crippen molar-refractivity contribution in [1.29, 1.82) is 0 Å². The van der Waals surface area contributed by atoms with E-state index in [0.717, 1.165) is 11.1 Å². The normalized spacial score (nSPS) is 10.4. The van der Waals surface area contributed by atoms with Gasteiger partial charge in [0.05, 0.1) is 10.5 Å². The lowest BCUT2D eigenvalue weighted by Gasteiger charge is -2.13. The first-order valence-electron chi connectivity index (χ1n) is 6.37. The average molecular weight is 307 g/mol. The fourth-order valence-electron chi connectivity index (χ4n) is 2.08. The van der Waals surface area contributed by atoms with Crippen molar-refractivity contribution in [3.05, 3.63) is 68.2 Å². The van der Waals surface area contributed by atoms with Crippen molar-refractivity contribution in [2.45, 2.75) is 20.1 Å². The Morgan fingerprint density at radius 1 is 1.29 bits per heavy atom. The van der Waals surface area contributed by atoms with E-state index >= 15 is 0 Å². The number of ether oxygens (including phenoxy) is 1. The summed E-state index contributed by atoms with van der Waals surface area (Å²) in [6.07, 6.45) is 0. The summed E-state index contributed by atoms with van der Waals surface area (Å²) >= 11 is 5.89. The minimum atomic E-state index is -0.448. The van der Waals surface area contributed by atoms with Gasteiger partial charge in [-0.2, -0.15) is 0 Å². The second kappa shape index (κ2) is 6.56. The van der Waals surface area contributed by atoms with Crippen molar-refractivity contribution >= 4 is 17.3 Å². The summed E-state index contributed by atoms with van der Waals surface area (Å²) in [6, 6.07) is 10.1. The minimum absolute atomic E-state index is 0.0118. The summed E-state index contributed by atoms with van der Waals surface area (Å²) in [4.78, 5) is 10.6. The van der Waals surface area contributed by atoms with Gasteiger partial charge in [-0.1, -0.05) is 29.8 Å². The van der Waals surface area contributed by atoms with E-state index in [1.54, 1.807) is 6.07 Å². The molecule has 0 atom stereocenters. The zero-order valence-corrected chi connectivity index (χ0v) is 12.3. The molecule has 6 heteroatoms. The van der Waals surface area contributed by atoms with E-state index < -0.39 is 4.92 Å². The van der Waals surface area contributed by atoms with Gasteiger partial charge < -0.3 is 10.5 Å². The molecule has 2 N–H and O–H groups in total. The molecule has 0 aliphatic rings. The van der Waals surface area contributed by atoms with Gasteiger partial charge in [0.2, 0.25) is 0 Å². The molecule has 0 aliphatic carbocycles. The third-order valence-electron chi connectivity index (χ3n) is 3.12. The van der Waals surface area contributed by atoms with Crippen molar-refractivity contribution in [2.75, 3.05) is 0 Å². The van der Waals surface area contributed by atoms with Crippen LogP contribution in [0.25, 0.3) is 0 Å². The van der Waals surface area contributed by atoms with Crippen LogP contribution in [0, 0.1) is 17.0 Å². The molecule has 2 aromatic carbocycles. The molecule has 0 heterocycles. The van der Waals surface area contributed by atoms with E-state index in [4.69, 9.17) is 22.1 Å². The van der Waals surface area contributed by atoms with E-state index in [1.807, 2.05) is 25.1 Å². The Hall–Kier alpha value is -2.11. The summed E-state index contributed by atoms with van der Waals surface area (Å²) in [5.41, 5.74) is 7.89. The van der Waals surface area contributed by atoms with Gasteiger partial charge in [0.25, 0.3) is 5.69 Å². The van der Waals surface area contributed by atoms with Crippen LogP contribution in [0.1, 0.15) is 16.7 Å². The number of benzene rings is 2. The summed E-state index contributed by atoms with van der Waals surface area (Å²) in [5.74, 6) is 0.661. The first-order valence-corrected chi connectivity index (χ1v) is 6.75. The largest absolute Gasteiger partial charge is 0.488 e. The molecule has 0 saturated carbocycles.